The Balaban J connectivity index is 2.21. The molecule has 0 fully saturated rings. The van der Waals surface area contributed by atoms with Gasteiger partial charge in [-0.05, 0) is 63.3 Å². The molecular weight excluding hydrogens is 530 g/mol. The van der Waals surface area contributed by atoms with Crippen molar-refractivity contribution in [2.24, 2.45) is 10.9 Å². The number of hydrogen-bond acceptors (Lipinski definition) is 5. The SMILES string of the molecule is CCC(C)C(/N=C/c1cc(Br)c(OC(=O)/C=C/c2cccc(Br)c2)c(OC)c1)C(=O)O. The molecule has 8 heteroatoms. The minimum absolute atomic E-state index is 0.101. The molecule has 0 amide bonds. The number of carbonyl (C=O) groups excluding carboxylic acids is 1. The molecule has 2 unspecified atom stereocenters. The molecule has 0 aliphatic heterocycles. The van der Waals surface area contributed by atoms with Crippen LogP contribution in [-0.4, -0.2) is 36.4 Å². The van der Waals surface area contributed by atoms with Gasteiger partial charge in [-0.15, -0.1) is 0 Å². The fourth-order valence-corrected chi connectivity index (χ4v) is 3.62. The number of carboxylic acids is 1. The Morgan fingerprint density at radius 1 is 1.19 bits per heavy atom. The second-order valence-electron chi connectivity index (χ2n) is 6.79. The van der Waals surface area contributed by atoms with Gasteiger partial charge in [0.1, 0.15) is 6.04 Å². The largest absolute Gasteiger partial charge is 0.493 e. The number of esters is 1. The third kappa shape index (κ3) is 7.33. The summed E-state index contributed by atoms with van der Waals surface area (Å²) in [6, 6.07) is 9.97. The van der Waals surface area contributed by atoms with E-state index in [4.69, 9.17) is 9.47 Å². The van der Waals surface area contributed by atoms with Gasteiger partial charge in [0.25, 0.3) is 0 Å². The zero-order valence-electron chi connectivity index (χ0n) is 17.3. The minimum Gasteiger partial charge on any atom is -0.493 e. The summed E-state index contributed by atoms with van der Waals surface area (Å²) < 4.78 is 12.2. The molecule has 0 bridgehead atoms. The van der Waals surface area contributed by atoms with Crippen LogP contribution in [0.4, 0.5) is 0 Å². The van der Waals surface area contributed by atoms with Crippen molar-refractivity contribution in [1.29, 1.82) is 0 Å². The first-order valence-electron chi connectivity index (χ1n) is 9.54. The van der Waals surface area contributed by atoms with E-state index in [1.807, 2.05) is 38.1 Å². The summed E-state index contributed by atoms with van der Waals surface area (Å²) in [6.07, 6.45) is 5.16. The number of aliphatic imine (C=N–C) groups is 1. The number of benzene rings is 2. The lowest BCUT2D eigenvalue weighted by Gasteiger charge is -2.14. The van der Waals surface area contributed by atoms with Crippen molar-refractivity contribution in [3.63, 3.8) is 0 Å². The molecule has 0 aromatic heterocycles. The summed E-state index contributed by atoms with van der Waals surface area (Å²) in [5, 5.41) is 9.39. The van der Waals surface area contributed by atoms with Gasteiger partial charge in [0.05, 0.1) is 11.6 Å². The van der Waals surface area contributed by atoms with Gasteiger partial charge in [-0.25, -0.2) is 9.59 Å². The van der Waals surface area contributed by atoms with Crippen molar-refractivity contribution in [2.45, 2.75) is 26.3 Å². The predicted molar refractivity (Wildman–Crippen MR) is 128 cm³/mol. The summed E-state index contributed by atoms with van der Waals surface area (Å²) in [7, 11) is 1.45. The van der Waals surface area contributed by atoms with Crippen LogP contribution >= 0.6 is 31.9 Å². The van der Waals surface area contributed by atoms with Crippen LogP contribution in [0.1, 0.15) is 31.4 Å². The van der Waals surface area contributed by atoms with Gasteiger partial charge in [0.2, 0.25) is 0 Å². The second-order valence-corrected chi connectivity index (χ2v) is 8.56. The zero-order valence-corrected chi connectivity index (χ0v) is 20.5. The first-order chi connectivity index (χ1) is 14.7. The number of hydrogen-bond donors (Lipinski definition) is 1. The van der Waals surface area contributed by atoms with Crippen LogP contribution in [0.5, 0.6) is 11.5 Å². The summed E-state index contributed by atoms with van der Waals surface area (Å²) in [6.45, 7) is 3.76. The Hall–Kier alpha value is -2.45. The fraction of sp³-hybridized carbons (Fsp3) is 0.261. The zero-order chi connectivity index (χ0) is 23.0. The lowest BCUT2D eigenvalue weighted by molar-refractivity contribution is -0.139. The Kier molecular flexibility index (Phi) is 9.45. The van der Waals surface area contributed by atoms with Gasteiger partial charge < -0.3 is 14.6 Å². The molecular formula is C23H23Br2NO5. The van der Waals surface area contributed by atoms with Crippen molar-refractivity contribution in [3.8, 4) is 11.5 Å². The van der Waals surface area contributed by atoms with Crippen molar-refractivity contribution in [3.05, 3.63) is 62.5 Å². The molecule has 6 nitrogen and oxygen atoms in total. The van der Waals surface area contributed by atoms with E-state index < -0.39 is 18.0 Å². The van der Waals surface area contributed by atoms with Crippen molar-refractivity contribution < 1.29 is 24.2 Å². The Labute approximate surface area is 198 Å². The Bertz CT molecular complexity index is 1000. The van der Waals surface area contributed by atoms with Crippen LogP contribution < -0.4 is 9.47 Å². The average molecular weight is 553 g/mol. The van der Waals surface area contributed by atoms with Crippen LogP contribution in [0.2, 0.25) is 0 Å². The maximum atomic E-state index is 12.3. The lowest BCUT2D eigenvalue weighted by atomic mass is 10.00. The van der Waals surface area contributed by atoms with Gasteiger partial charge >= 0.3 is 11.9 Å². The first-order valence-corrected chi connectivity index (χ1v) is 11.1. The molecule has 31 heavy (non-hydrogen) atoms. The van der Waals surface area contributed by atoms with Gasteiger partial charge in [-0.1, -0.05) is 48.3 Å². The smallest absolute Gasteiger partial charge is 0.336 e. The highest BCUT2D eigenvalue weighted by molar-refractivity contribution is 9.10. The highest BCUT2D eigenvalue weighted by Gasteiger charge is 2.22. The summed E-state index contributed by atoms with van der Waals surface area (Å²) >= 11 is 6.77. The molecule has 2 atom stereocenters. The summed E-state index contributed by atoms with van der Waals surface area (Å²) in [5.41, 5.74) is 1.46. The monoisotopic (exact) mass is 551 g/mol. The molecule has 0 radical (unpaired) electrons. The molecule has 164 valence electrons. The molecule has 2 rings (SSSR count). The maximum absolute atomic E-state index is 12.3. The van der Waals surface area contributed by atoms with Crippen LogP contribution in [-0.2, 0) is 9.59 Å². The van der Waals surface area contributed by atoms with E-state index >= 15 is 0 Å². The Morgan fingerprint density at radius 2 is 1.94 bits per heavy atom. The second kappa shape index (κ2) is 11.8. The van der Waals surface area contributed by atoms with Gasteiger partial charge in [-0.3, -0.25) is 4.99 Å². The molecule has 2 aromatic rings. The topological polar surface area (TPSA) is 85.2 Å². The van der Waals surface area contributed by atoms with E-state index in [0.717, 1.165) is 10.0 Å². The van der Waals surface area contributed by atoms with E-state index in [9.17, 15) is 14.7 Å². The first kappa shape index (κ1) is 24.8. The quantitative estimate of drug-likeness (QED) is 0.185. The molecule has 0 saturated carbocycles. The molecule has 0 aliphatic carbocycles. The standard InChI is InChI=1S/C23H23Br2NO5/c1-4-14(2)21(23(28)29)26-13-16-11-18(25)22(19(12-16)30-3)31-20(27)9-8-15-6-5-7-17(24)10-15/h5-14,21H,4H2,1-3H3,(H,28,29)/b9-8+,26-13+. The van der Waals surface area contributed by atoms with Gasteiger partial charge in [-0.2, -0.15) is 0 Å². The van der Waals surface area contributed by atoms with Crippen LogP contribution in [0.3, 0.4) is 0 Å². The number of aliphatic carboxylic acids is 1. The van der Waals surface area contributed by atoms with E-state index in [-0.39, 0.29) is 11.7 Å². The number of ether oxygens (including phenoxy) is 2. The number of nitrogens with zero attached hydrogens (tertiary/aromatic N) is 1. The van der Waals surface area contributed by atoms with Gasteiger partial charge in [0, 0.05) is 16.8 Å². The fourth-order valence-electron chi connectivity index (χ4n) is 2.67. The summed E-state index contributed by atoms with van der Waals surface area (Å²) in [5.74, 6) is -1.10. The van der Waals surface area contributed by atoms with Crippen molar-refractivity contribution >= 4 is 56.1 Å². The Morgan fingerprint density at radius 3 is 2.55 bits per heavy atom. The number of methoxy groups -OCH3 is 1. The summed E-state index contributed by atoms with van der Waals surface area (Å²) in [4.78, 5) is 28.0. The molecule has 0 saturated heterocycles. The van der Waals surface area contributed by atoms with Crippen molar-refractivity contribution in [1.82, 2.24) is 0 Å². The van der Waals surface area contributed by atoms with E-state index in [2.05, 4.69) is 36.9 Å². The highest BCUT2D eigenvalue weighted by atomic mass is 79.9. The molecule has 0 spiro atoms. The predicted octanol–water partition coefficient (Wildman–Crippen LogP) is 5.76. The average Bonchev–Trinajstić information content (AvgIpc) is 2.73. The third-order valence-corrected chi connectivity index (χ3v) is 5.62. The van der Waals surface area contributed by atoms with Crippen LogP contribution in [0.25, 0.3) is 6.08 Å². The van der Waals surface area contributed by atoms with Gasteiger partial charge in [0.15, 0.2) is 11.5 Å². The molecule has 0 heterocycles. The number of rotatable bonds is 9. The van der Waals surface area contributed by atoms with Crippen molar-refractivity contribution in [2.75, 3.05) is 7.11 Å². The third-order valence-electron chi connectivity index (χ3n) is 4.54. The maximum Gasteiger partial charge on any atom is 0.336 e. The van der Waals surface area contributed by atoms with E-state index in [1.54, 1.807) is 18.2 Å². The van der Waals surface area contributed by atoms with E-state index in [0.29, 0.717) is 22.2 Å². The van der Waals surface area contributed by atoms with E-state index in [1.165, 1.54) is 19.4 Å². The normalized spacial score (nSPS) is 13.3. The van der Waals surface area contributed by atoms with Crippen LogP contribution in [0, 0.1) is 5.92 Å². The molecule has 1 N–H and O–H groups in total. The number of halogens is 2. The minimum atomic E-state index is -0.973. The lowest BCUT2D eigenvalue weighted by Crippen LogP contribution is -2.25. The number of carboxylic acid groups (broad SMARTS) is 1. The molecule has 2 aromatic carbocycles. The number of carbonyl (C=O) groups is 2. The molecule has 0 aliphatic rings. The van der Waals surface area contributed by atoms with Crippen LogP contribution in [0.15, 0.2) is 56.4 Å². The highest BCUT2D eigenvalue weighted by Crippen LogP contribution is 2.36.